The van der Waals surface area contributed by atoms with E-state index in [0.717, 1.165) is 10.6 Å². The van der Waals surface area contributed by atoms with Crippen LogP contribution in [0.15, 0.2) is 45.5 Å². The van der Waals surface area contributed by atoms with Gasteiger partial charge in [-0.3, -0.25) is 4.79 Å². The Morgan fingerprint density at radius 1 is 1.48 bits per heavy atom. The van der Waals surface area contributed by atoms with Crippen molar-refractivity contribution < 1.29 is 9.21 Å². The first-order valence-electron chi connectivity index (χ1n) is 6.97. The first-order valence-corrected chi connectivity index (χ1v) is 8.73. The Bertz CT molecular complexity index is 739. The van der Waals surface area contributed by atoms with Crippen molar-refractivity contribution in [1.29, 1.82) is 0 Å². The van der Waals surface area contributed by atoms with E-state index in [4.69, 9.17) is 4.42 Å². The Kier molecular flexibility index (Phi) is 5.09. The van der Waals surface area contributed by atoms with Crippen LogP contribution in [0, 0.1) is 0 Å². The quantitative estimate of drug-likeness (QED) is 0.658. The zero-order chi connectivity index (χ0) is 16.1. The number of rotatable bonds is 7. The van der Waals surface area contributed by atoms with E-state index in [-0.39, 0.29) is 11.2 Å². The van der Waals surface area contributed by atoms with Gasteiger partial charge in [0, 0.05) is 4.88 Å². The summed E-state index contributed by atoms with van der Waals surface area (Å²) in [6, 6.07) is 7.63. The van der Waals surface area contributed by atoms with E-state index in [1.807, 2.05) is 30.5 Å². The molecule has 120 valence electrons. The molecule has 0 saturated carbocycles. The molecule has 3 aromatic rings. The van der Waals surface area contributed by atoms with E-state index in [9.17, 15) is 4.79 Å². The molecule has 3 aromatic heterocycles. The van der Waals surface area contributed by atoms with Gasteiger partial charge >= 0.3 is 0 Å². The highest BCUT2D eigenvalue weighted by Gasteiger charge is 2.18. The molecule has 0 fully saturated rings. The molecule has 0 aliphatic carbocycles. The number of hydrogen-bond acceptors (Lipinski definition) is 7. The smallest absolute Gasteiger partial charge is 0.233 e. The van der Waals surface area contributed by atoms with Gasteiger partial charge in [0.05, 0.1) is 24.6 Å². The highest BCUT2D eigenvalue weighted by molar-refractivity contribution is 8.00. The predicted octanol–water partition coefficient (Wildman–Crippen LogP) is 2.17. The first-order chi connectivity index (χ1) is 11.2. The maximum atomic E-state index is 12.1. The topological polar surface area (TPSA) is 85.8 Å². The third-order valence-electron chi connectivity index (χ3n) is 3.05. The summed E-state index contributed by atoms with van der Waals surface area (Å²) in [6.45, 7) is 2.80. The summed E-state index contributed by atoms with van der Waals surface area (Å²) in [5, 5.41) is 16.8. The number of nitrogens with one attached hydrogen (secondary N) is 1. The second-order valence-electron chi connectivity index (χ2n) is 4.76. The van der Waals surface area contributed by atoms with Crippen LogP contribution in [0.2, 0.25) is 0 Å². The van der Waals surface area contributed by atoms with Crippen LogP contribution in [-0.4, -0.2) is 31.4 Å². The fourth-order valence-corrected chi connectivity index (χ4v) is 3.37. The Morgan fingerprint density at radius 2 is 2.39 bits per heavy atom. The Labute approximate surface area is 141 Å². The number of thiophene rings is 1. The summed E-state index contributed by atoms with van der Waals surface area (Å²) in [5.41, 5.74) is 0. The number of aromatic nitrogens is 4. The monoisotopic (exact) mass is 349 g/mol. The van der Waals surface area contributed by atoms with Gasteiger partial charge in [-0.2, -0.15) is 0 Å². The van der Waals surface area contributed by atoms with Crippen LogP contribution in [0.1, 0.15) is 17.6 Å². The van der Waals surface area contributed by atoms with Gasteiger partial charge in [-0.05, 0) is 40.9 Å². The van der Waals surface area contributed by atoms with Crippen LogP contribution < -0.4 is 5.32 Å². The lowest BCUT2D eigenvalue weighted by atomic mass is 10.4. The van der Waals surface area contributed by atoms with Crippen molar-refractivity contribution in [1.82, 2.24) is 25.5 Å². The fraction of sp³-hybridized carbons (Fsp3) is 0.286. The van der Waals surface area contributed by atoms with Gasteiger partial charge in [0.25, 0.3) is 0 Å². The van der Waals surface area contributed by atoms with Gasteiger partial charge in [-0.15, -0.1) is 16.4 Å². The number of hydrogen-bond donors (Lipinski definition) is 1. The third-order valence-corrected chi connectivity index (χ3v) is 4.99. The van der Waals surface area contributed by atoms with Crippen molar-refractivity contribution in [2.24, 2.45) is 0 Å². The minimum Gasteiger partial charge on any atom is -0.467 e. The zero-order valence-electron chi connectivity index (χ0n) is 12.4. The van der Waals surface area contributed by atoms with Gasteiger partial charge in [-0.25, -0.2) is 4.68 Å². The van der Waals surface area contributed by atoms with Crippen molar-refractivity contribution >= 4 is 29.0 Å². The fourth-order valence-electron chi connectivity index (χ4n) is 1.87. The zero-order valence-corrected chi connectivity index (χ0v) is 14.0. The number of tetrazole rings is 1. The van der Waals surface area contributed by atoms with E-state index >= 15 is 0 Å². The maximum Gasteiger partial charge on any atom is 0.233 e. The number of carbonyl (C=O) groups is 1. The van der Waals surface area contributed by atoms with Crippen molar-refractivity contribution in [3.05, 3.63) is 46.5 Å². The van der Waals surface area contributed by atoms with Gasteiger partial charge in [0.2, 0.25) is 11.1 Å². The minimum absolute atomic E-state index is 0.0860. The lowest BCUT2D eigenvalue weighted by molar-refractivity contribution is -0.120. The number of furan rings is 1. The van der Waals surface area contributed by atoms with E-state index in [1.54, 1.807) is 28.3 Å². The molecule has 1 atom stereocenters. The van der Waals surface area contributed by atoms with E-state index < -0.39 is 0 Å². The van der Waals surface area contributed by atoms with Crippen molar-refractivity contribution in [3.63, 3.8) is 0 Å². The molecule has 0 saturated heterocycles. The number of amides is 1. The van der Waals surface area contributed by atoms with E-state index in [1.165, 1.54) is 11.8 Å². The standard InChI is InChI=1S/C14H15N5O2S2/c1-10(13(20)15-8-11-4-2-6-21-11)23-14-16-17-18-19(14)9-12-5-3-7-22-12/h2-7,10H,8-9H2,1H3,(H,15,20). The molecule has 1 unspecified atom stereocenters. The van der Waals surface area contributed by atoms with E-state index in [2.05, 4.69) is 20.8 Å². The Balaban J connectivity index is 1.56. The van der Waals surface area contributed by atoms with Crippen LogP contribution in [0.4, 0.5) is 0 Å². The number of nitrogens with zero attached hydrogens (tertiary/aromatic N) is 4. The lowest BCUT2D eigenvalue weighted by Crippen LogP contribution is -2.30. The second kappa shape index (κ2) is 7.42. The van der Waals surface area contributed by atoms with Crippen LogP contribution in [-0.2, 0) is 17.9 Å². The molecule has 3 rings (SSSR count). The largest absolute Gasteiger partial charge is 0.467 e. The number of carbonyl (C=O) groups excluding carboxylic acids is 1. The summed E-state index contributed by atoms with van der Waals surface area (Å²) in [5.74, 6) is 0.634. The van der Waals surface area contributed by atoms with Gasteiger partial charge < -0.3 is 9.73 Å². The molecule has 0 aliphatic rings. The predicted molar refractivity (Wildman–Crippen MR) is 87.1 cm³/mol. The molecule has 0 aromatic carbocycles. The second-order valence-corrected chi connectivity index (χ2v) is 7.10. The van der Waals surface area contributed by atoms with Crippen LogP contribution >= 0.6 is 23.1 Å². The molecular formula is C14H15N5O2S2. The molecule has 9 heteroatoms. The van der Waals surface area contributed by atoms with Crippen molar-refractivity contribution in [2.75, 3.05) is 0 Å². The number of thioether (sulfide) groups is 1. The third kappa shape index (κ3) is 4.20. The maximum absolute atomic E-state index is 12.1. The molecule has 23 heavy (non-hydrogen) atoms. The normalized spacial score (nSPS) is 12.2. The Morgan fingerprint density at radius 3 is 3.13 bits per heavy atom. The molecule has 0 aliphatic heterocycles. The van der Waals surface area contributed by atoms with Crippen LogP contribution in [0.3, 0.4) is 0 Å². The Hall–Kier alpha value is -2.13. The molecule has 0 radical (unpaired) electrons. The highest BCUT2D eigenvalue weighted by atomic mass is 32.2. The molecule has 3 heterocycles. The summed E-state index contributed by atoms with van der Waals surface area (Å²) >= 11 is 2.98. The minimum atomic E-state index is -0.307. The average Bonchev–Trinajstić information content (AvgIpc) is 3.28. The molecule has 7 nitrogen and oxygen atoms in total. The highest BCUT2D eigenvalue weighted by Crippen LogP contribution is 2.21. The van der Waals surface area contributed by atoms with Gasteiger partial charge in [0.15, 0.2) is 0 Å². The molecule has 1 amide bonds. The van der Waals surface area contributed by atoms with Crippen LogP contribution in [0.25, 0.3) is 0 Å². The molecular weight excluding hydrogens is 334 g/mol. The summed E-state index contributed by atoms with van der Waals surface area (Å²) < 4.78 is 6.89. The molecule has 0 bridgehead atoms. The SMILES string of the molecule is CC(Sc1nnnn1Cc1cccs1)C(=O)NCc1ccco1. The van der Waals surface area contributed by atoms with Crippen LogP contribution in [0.5, 0.6) is 0 Å². The molecule has 1 N–H and O–H groups in total. The summed E-state index contributed by atoms with van der Waals surface area (Å²) in [6.07, 6.45) is 1.58. The van der Waals surface area contributed by atoms with Gasteiger partial charge in [0.1, 0.15) is 5.76 Å². The first kappa shape index (κ1) is 15.8. The van der Waals surface area contributed by atoms with Crippen molar-refractivity contribution in [2.45, 2.75) is 30.4 Å². The van der Waals surface area contributed by atoms with Gasteiger partial charge in [-0.1, -0.05) is 17.8 Å². The average molecular weight is 349 g/mol. The molecule has 0 spiro atoms. The van der Waals surface area contributed by atoms with E-state index in [0.29, 0.717) is 18.2 Å². The summed E-state index contributed by atoms with van der Waals surface area (Å²) in [4.78, 5) is 13.3. The lowest BCUT2D eigenvalue weighted by Gasteiger charge is -2.10. The summed E-state index contributed by atoms with van der Waals surface area (Å²) in [7, 11) is 0. The van der Waals surface area contributed by atoms with Crippen molar-refractivity contribution in [3.8, 4) is 0 Å².